The summed E-state index contributed by atoms with van der Waals surface area (Å²) in [6, 6.07) is 5.94. The molecule has 0 aliphatic carbocycles. The first-order valence-corrected chi connectivity index (χ1v) is 8.83. The number of esters is 1. The molecule has 2 rings (SSSR count). The molecule has 0 amide bonds. The first kappa shape index (κ1) is 21.6. The van der Waals surface area contributed by atoms with Gasteiger partial charge in [0, 0.05) is 11.3 Å². The average molecular weight is 395 g/mol. The van der Waals surface area contributed by atoms with Crippen molar-refractivity contribution in [2.45, 2.75) is 40.0 Å². The molecule has 2 aromatic rings. The number of aryl methyl sites for hydroxylation is 1. The number of carbonyl (C=O) groups excluding carboxylic acids is 2. The Labute approximate surface area is 162 Å². The number of benzene rings is 1. The number of halogens is 2. The van der Waals surface area contributed by atoms with Gasteiger partial charge in [-0.2, -0.15) is 8.78 Å². The van der Waals surface area contributed by atoms with E-state index in [0.717, 1.165) is 10.5 Å². The van der Waals surface area contributed by atoms with Crippen LogP contribution in [0.3, 0.4) is 0 Å². The number of methoxy groups -OCH3 is 1. The summed E-state index contributed by atoms with van der Waals surface area (Å²) < 4.78 is 33.6. The first-order valence-electron chi connectivity index (χ1n) is 8.83. The van der Waals surface area contributed by atoms with E-state index in [-0.39, 0.29) is 17.6 Å². The lowest BCUT2D eigenvalue weighted by molar-refractivity contribution is -0.907. The number of quaternary nitrogens is 1. The Kier molecular flexibility index (Phi) is 6.90. The fraction of sp³-hybridized carbons (Fsp3) is 0.400. The molecule has 1 unspecified atom stereocenters. The van der Waals surface area contributed by atoms with Crippen LogP contribution >= 0.6 is 0 Å². The van der Waals surface area contributed by atoms with Crippen molar-refractivity contribution in [3.63, 3.8) is 0 Å². The fourth-order valence-corrected chi connectivity index (χ4v) is 3.11. The van der Waals surface area contributed by atoms with E-state index in [1.807, 2.05) is 7.05 Å². The molecule has 0 bridgehead atoms. The number of alkyl halides is 2. The van der Waals surface area contributed by atoms with Crippen LogP contribution < -0.4 is 9.64 Å². The van der Waals surface area contributed by atoms with Crippen LogP contribution in [0.4, 0.5) is 8.78 Å². The van der Waals surface area contributed by atoms with Crippen molar-refractivity contribution >= 4 is 11.8 Å². The van der Waals surface area contributed by atoms with E-state index in [0.29, 0.717) is 29.1 Å². The SMILES string of the molecule is COC(=O)c1c(C)[nH]c(C(=O)[C@H](C)[NH+](C)Cc2ccc(OC(F)F)cc2)c1C. The van der Waals surface area contributed by atoms with Crippen molar-refractivity contribution in [3.8, 4) is 5.75 Å². The molecule has 2 atom stereocenters. The molecule has 28 heavy (non-hydrogen) atoms. The van der Waals surface area contributed by atoms with Gasteiger partial charge in [-0.1, -0.05) is 0 Å². The van der Waals surface area contributed by atoms with Crippen molar-refractivity contribution in [3.05, 3.63) is 52.3 Å². The number of ketones is 1. The Bertz CT molecular complexity index is 847. The number of ether oxygens (including phenoxy) is 2. The van der Waals surface area contributed by atoms with Gasteiger partial charge in [-0.25, -0.2) is 4.79 Å². The molecule has 0 aliphatic heterocycles. The first-order chi connectivity index (χ1) is 13.1. The average Bonchev–Trinajstić information content (AvgIpc) is 2.95. The third-order valence-electron chi connectivity index (χ3n) is 4.84. The number of nitrogens with one attached hydrogen (secondary N) is 2. The van der Waals surface area contributed by atoms with Gasteiger partial charge in [0.1, 0.15) is 12.3 Å². The van der Waals surface area contributed by atoms with Gasteiger partial charge < -0.3 is 19.4 Å². The number of H-pyrrole nitrogens is 1. The molecule has 6 nitrogen and oxygen atoms in total. The lowest BCUT2D eigenvalue weighted by Crippen LogP contribution is -3.12. The maximum absolute atomic E-state index is 12.9. The second kappa shape index (κ2) is 8.97. The number of aromatic amines is 1. The van der Waals surface area contributed by atoms with Crippen LogP contribution in [0.1, 0.15) is 44.6 Å². The Morgan fingerprint density at radius 2 is 1.79 bits per heavy atom. The van der Waals surface area contributed by atoms with E-state index in [1.54, 1.807) is 32.9 Å². The van der Waals surface area contributed by atoms with E-state index in [2.05, 4.69) is 9.72 Å². The number of aromatic nitrogens is 1. The number of Topliss-reactive ketones (excluding diaryl/α,β-unsaturated/α-hetero) is 1. The fourth-order valence-electron chi connectivity index (χ4n) is 3.11. The van der Waals surface area contributed by atoms with Gasteiger partial charge in [-0.05, 0) is 50.6 Å². The van der Waals surface area contributed by atoms with Crippen molar-refractivity contribution < 1.29 is 32.7 Å². The summed E-state index contributed by atoms with van der Waals surface area (Å²) in [7, 11) is 3.17. The predicted octanol–water partition coefficient (Wildman–Crippen LogP) is 2.31. The van der Waals surface area contributed by atoms with Crippen LogP contribution in [0.15, 0.2) is 24.3 Å². The standard InChI is InChI=1S/C20H24F2N2O4/c1-11-16(19(26)27-5)12(2)23-17(11)18(25)13(3)24(4)10-14-6-8-15(9-7-14)28-20(21)22/h6-9,13,20,23H,10H2,1-5H3/p+1/t13-/m0/s1. The summed E-state index contributed by atoms with van der Waals surface area (Å²) in [6.07, 6.45) is 0. The van der Waals surface area contributed by atoms with E-state index in [1.165, 1.54) is 19.2 Å². The van der Waals surface area contributed by atoms with Crippen molar-refractivity contribution in [1.29, 1.82) is 0 Å². The minimum Gasteiger partial charge on any atom is -0.465 e. The van der Waals surface area contributed by atoms with Crippen LogP contribution in [0.5, 0.6) is 5.75 Å². The lowest BCUT2D eigenvalue weighted by atomic mass is 10.0. The number of hydrogen-bond donors (Lipinski definition) is 2. The lowest BCUT2D eigenvalue weighted by Gasteiger charge is -2.21. The Hall–Kier alpha value is -2.74. The molecule has 0 spiro atoms. The quantitative estimate of drug-likeness (QED) is 0.532. The summed E-state index contributed by atoms with van der Waals surface area (Å²) in [4.78, 5) is 28.8. The van der Waals surface area contributed by atoms with Gasteiger partial charge in [0.25, 0.3) is 0 Å². The third kappa shape index (κ3) is 4.75. The molecule has 0 saturated heterocycles. The van der Waals surface area contributed by atoms with Gasteiger partial charge >= 0.3 is 12.6 Å². The van der Waals surface area contributed by atoms with Crippen molar-refractivity contribution in [2.24, 2.45) is 0 Å². The Balaban J connectivity index is 2.11. The van der Waals surface area contributed by atoms with Gasteiger partial charge in [0.05, 0.1) is 25.4 Å². The number of rotatable bonds is 8. The van der Waals surface area contributed by atoms with E-state index < -0.39 is 12.6 Å². The van der Waals surface area contributed by atoms with E-state index >= 15 is 0 Å². The summed E-state index contributed by atoms with van der Waals surface area (Å²) in [5, 5.41) is 0. The van der Waals surface area contributed by atoms with Gasteiger partial charge in [0.2, 0.25) is 5.78 Å². The van der Waals surface area contributed by atoms with E-state index in [9.17, 15) is 18.4 Å². The summed E-state index contributed by atoms with van der Waals surface area (Å²) in [5.74, 6) is -0.510. The predicted molar refractivity (Wildman–Crippen MR) is 99.1 cm³/mol. The zero-order chi connectivity index (χ0) is 21.0. The second-order valence-electron chi connectivity index (χ2n) is 6.75. The molecule has 1 aromatic carbocycles. The van der Waals surface area contributed by atoms with Crippen LogP contribution in [0.2, 0.25) is 0 Å². The number of carbonyl (C=O) groups is 2. The van der Waals surface area contributed by atoms with Crippen LogP contribution in [-0.2, 0) is 11.3 Å². The maximum atomic E-state index is 12.9. The molecular formula is C20H25F2N2O4+. The number of likely N-dealkylation sites (N-methyl/N-ethyl adjacent to an activating group) is 1. The molecule has 2 N–H and O–H groups in total. The van der Waals surface area contributed by atoms with Crippen LogP contribution in [-0.4, -0.2) is 43.5 Å². The van der Waals surface area contributed by atoms with Crippen molar-refractivity contribution in [2.75, 3.05) is 14.2 Å². The molecule has 0 saturated carbocycles. The topological polar surface area (TPSA) is 72.8 Å². The highest BCUT2D eigenvalue weighted by atomic mass is 19.3. The largest absolute Gasteiger partial charge is 0.465 e. The highest BCUT2D eigenvalue weighted by molar-refractivity contribution is 6.03. The molecule has 8 heteroatoms. The Morgan fingerprint density at radius 3 is 2.32 bits per heavy atom. The summed E-state index contributed by atoms with van der Waals surface area (Å²) >= 11 is 0. The Morgan fingerprint density at radius 1 is 1.18 bits per heavy atom. The minimum absolute atomic E-state index is 0.0911. The van der Waals surface area contributed by atoms with Gasteiger partial charge in [-0.15, -0.1) is 0 Å². The van der Waals surface area contributed by atoms with Crippen LogP contribution in [0, 0.1) is 13.8 Å². The smallest absolute Gasteiger partial charge is 0.387 e. The third-order valence-corrected chi connectivity index (χ3v) is 4.84. The highest BCUT2D eigenvalue weighted by Crippen LogP contribution is 2.20. The van der Waals surface area contributed by atoms with Gasteiger partial charge in [0.15, 0.2) is 6.04 Å². The number of hydrogen-bond acceptors (Lipinski definition) is 4. The van der Waals surface area contributed by atoms with Crippen molar-refractivity contribution in [1.82, 2.24) is 4.98 Å². The van der Waals surface area contributed by atoms with E-state index in [4.69, 9.17) is 4.74 Å². The second-order valence-corrected chi connectivity index (χ2v) is 6.75. The molecule has 0 aliphatic rings. The molecule has 1 aromatic heterocycles. The monoisotopic (exact) mass is 395 g/mol. The highest BCUT2D eigenvalue weighted by Gasteiger charge is 2.29. The zero-order valence-electron chi connectivity index (χ0n) is 16.6. The minimum atomic E-state index is -2.86. The summed E-state index contributed by atoms with van der Waals surface area (Å²) in [5.41, 5.74) is 2.82. The maximum Gasteiger partial charge on any atom is 0.387 e. The van der Waals surface area contributed by atoms with Crippen LogP contribution in [0.25, 0.3) is 0 Å². The molecule has 152 valence electrons. The van der Waals surface area contributed by atoms with Gasteiger partial charge in [-0.3, -0.25) is 4.79 Å². The zero-order valence-corrected chi connectivity index (χ0v) is 16.6. The normalized spacial score (nSPS) is 13.3. The molecule has 0 fully saturated rings. The molecular weight excluding hydrogens is 370 g/mol. The molecule has 1 heterocycles. The summed E-state index contributed by atoms with van der Waals surface area (Å²) in [6.45, 7) is 2.90. The molecule has 0 radical (unpaired) electrons.